The number of Topliss-reactive ketones (excluding diaryl/α,β-unsaturated/α-hetero) is 2. The van der Waals surface area contributed by atoms with Gasteiger partial charge in [0.25, 0.3) is 12.4 Å². The van der Waals surface area contributed by atoms with E-state index in [0.29, 0.717) is 25.1 Å². The number of piperidine rings is 1. The Morgan fingerprint density at radius 2 is 1.63 bits per heavy atom. The number of carbonyl (C=O) groups is 5. The predicted octanol–water partition coefficient (Wildman–Crippen LogP) is 6.85. The highest BCUT2D eigenvalue weighted by atomic mass is 19.1. The van der Waals surface area contributed by atoms with Crippen LogP contribution in [0.4, 0.5) is 4.39 Å². The Morgan fingerprint density at radius 3 is 2.20 bits per heavy atom. The number of hydrogen-bond donors (Lipinski definition) is 3. The van der Waals surface area contributed by atoms with Gasteiger partial charge in [-0.15, -0.1) is 0 Å². The number of phenolic OH excluding ortho intramolecular Hbond substituents is 2. The molecule has 11 nitrogen and oxygen atoms in total. The molecule has 12 heteroatoms. The normalized spacial score (nSPS) is 13.8. The summed E-state index contributed by atoms with van der Waals surface area (Å²) in [6.07, 6.45) is 8.11. The lowest BCUT2D eigenvalue weighted by atomic mass is 9.87. The largest absolute Gasteiger partial charge is 0.504 e. The van der Waals surface area contributed by atoms with Gasteiger partial charge in [0.15, 0.2) is 17.3 Å². The number of nitrogens with zero attached hydrogens (tertiary/aromatic N) is 1. The fourth-order valence-corrected chi connectivity index (χ4v) is 4.71. The summed E-state index contributed by atoms with van der Waals surface area (Å²) in [4.78, 5) is 57.5. The van der Waals surface area contributed by atoms with Crippen molar-refractivity contribution in [2.45, 2.75) is 100.0 Å². The third-order valence-electron chi connectivity index (χ3n) is 7.41. The molecule has 3 N–H and O–H groups in total. The first-order valence-corrected chi connectivity index (χ1v) is 17.2. The second-order valence-electron chi connectivity index (χ2n) is 12.8. The minimum absolute atomic E-state index is 0.0737. The first-order chi connectivity index (χ1) is 24.0. The number of ether oxygens (including phenoxy) is 2. The van der Waals surface area contributed by atoms with Gasteiger partial charge in [-0.1, -0.05) is 39.8 Å². The molecule has 1 unspecified atom stereocenters. The number of aromatic hydroxyl groups is 2. The van der Waals surface area contributed by atoms with Crippen molar-refractivity contribution in [1.29, 1.82) is 0 Å². The van der Waals surface area contributed by atoms with Crippen molar-refractivity contribution in [3.63, 3.8) is 0 Å². The van der Waals surface area contributed by atoms with Crippen molar-refractivity contribution < 1.29 is 53.2 Å². The van der Waals surface area contributed by atoms with Crippen LogP contribution in [0.3, 0.4) is 0 Å². The molecule has 0 aromatic heterocycles. The Bertz CT molecular complexity index is 1440. The molecule has 0 aliphatic carbocycles. The van der Waals surface area contributed by atoms with E-state index in [-0.39, 0.29) is 48.9 Å². The molecule has 1 atom stereocenters. The van der Waals surface area contributed by atoms with Gasteiger partial charge in [0.05, 0.1) is 5.41 Å². The number of benzene rings is 2. The van der Waals surface area contributed by atoms with Crippen molar-refractivity contribution in [3.8, 4) is 17.2 Å². The Labute approximate surface area is 301 Å². The van der Waals surface area contributed by atoms with Crippen molar-refractivity contribution in [3.05, 3.63) is 65.5 Å². The highest BCUT2D eigenvalue weighted by Crippen LogP contribution is 2.26. The Morgan fingerprint density at radius 1 is 1.00 bits per heavy atom. The molecule has 3 rings (SSSR count). The van der Waals surface area contributed by atoms with Gasteiger partial charge in [0, 0.05) is 24.7 Å². The summed E-state index contributed by atoms with van der Waals surface area (Å²) in [5.41, 5.74) is 0.659. The second-order valence-corrected chi connectivity index (χ2v) is 12.8. The fraction of sp³-hybridized carbons (Fsp3) is 0.513. The van der Waals surface area contributed by atoms with Gasteiger partial charge in [-0.05, 0) is 108 Å². The van der Waals surface area contributed by atoms with Crippen LogP contribution >= 0.6 is 0 Å². The number of esters is 1. The molecule has 284 valence electrons. The smallest absolute Gasteiger partial charge is 0.330 e. The maximum Gasteiger partial charge on any atom is 0.330 e. The van der Waals surface area contributed by atoms with Crippen LogP contribution in [-0.4, -0.2) is 75.9 Å². The molecule has 1 heterocycles. The van der Waals surface area contributed by atoms with Crippen LogP contribution in [0.5, 0.6) is 17.2 Å². The summed E-state index contributed by atoms with van der Waals surface area (Å²) < 4.78 is 23.9. The number of aryl methyl sites for hydroxylation is 2. The highest BCUT2D eigenvalue weighted by molar-refractivity contribution is 6.38. The lowest BCUT2D eigenvalue weighted by molar-refractivity contribution is -0.155. The van der Waals surface area contributed by atoms with Gasteiger partial charge >= 0.3 is 5.97 Å². The number of amides is 1. The summed E-state index contributed by atoms with van der Waals surface area (Å²) in [5.74, 6) is -1.66. The molecule has 1 fully saturated rings. The van der Waals surface area contributed by atoms with Crippen molar-refractivity contribution >= 4 is 29.9 Å². The van der Waals surface area contributed by atoms with Crippen molar-refractivity contribution in [2.75, 3.05) is 19.8 Å². The maximum absolute atomic E-state index is 13.6. The van der Waals surface area contributed by atoms with E-state index >= 15 is 0 Å². The average Bonchev–Trinajstić information content (AvgIpc) is 3.08. The number of rotatable bonds is 13. The van der Waals surface area contributed by atoms with Crippen molar-refractivity contribution in [2.24, 2.45) is 11.3 Å². The number of phenols is 2. The summed E-state index contributed by atoms with van der Waals surface area (Å²) in [5, 5.41) is 25.6. The van der Waals surface area contributed by atoms with E-state index in [1.165, 1.54) is 37.3 Å². The van der Waals surface area contributed by atoms with Gasteiger partial charge in [0.2, 0.25) is 5.78 Å². The number of halogens is 1. The Balaban J connectivity index is 0.000000870. The maximum atomic E-state index is 13.6. The monoisotopic (exact) mass is 717 g/mol. The molecule has 0 bridgehead atoms. The van der Waals surface area contributed by atoms with Crippen LogP contribution in [0.1, 0.15) is 92.2 Å². The number of hydrogen-bond acceptors (Lipinski definition) is 9. The lowest BCUT2D eigenvalue weighted by Gasteiger charge is -2.34. The number of ketones is 2. The average molecular weight is 718 g/mol. The molecule has 0 radical (unpaired) electrons. The first-order valence-electron chi connectivity index (χ1n) is 17.2. The van der Waals surface area contributed by atoms with E-state index in [2.05, 4.69) is 0 Å². The van der Waals surface area contributed by atoms with Gasteiger partial charge < -0.3 is 29.7 Å². The quantitative estimate of drug-likeness (QED) is 0.0656. The zero-order valence-electron chi connectivity index (χ0n) is 31.2. The zero-order valence-corrected chi connectivity index (χ0v) is 31.2. The third-order valence-corrected chi connectivity index (χ3v) is 7.41. The van der Waals surface area contributed by atoms with Crippen LogP contribution in [0, 0.1) is 17.2 Å². The third kappa shape index (κ3) is 18.7. The molecule has 1 aliphatic rings. The molecular weight excluding hydrogens is 661 g/mol. The van der Waals surface area contributed by atoms with E-state index in [1.54, 1.807) is 37.0 Å². The molecule has 1 aliphatic heterocycles. The zero-order chi connectivity index (χ0) is 39.1. The predicted molar refractivity (Wildman–Crippen MR) is 193 cm³/mol. The van der Waals surface area contributed by atoms with E-state index in [4.69, 9.17) is 19.4 Å². The molecule has 51 heavy (non-hydrogen) atoms. The molecule has 1 saturated heterocycles. The van der Waals surface area contributed by atoms with E-state index in [0.717, 1.165) is 36.8 Å². The van der Waals surface area contributed by atoms with Crippen LogP contribution in [0.2, 0.25) is 0 Å². The van der Waals surface area contributed by atoms with Crippen molar-refractivity contribution in [1.82, 2.24) is 4.90 Å². The van der Waals surface area contributed by atoms with Crippen LogP contribution in [-0.2, 0) is 41.6 Å². The minimum Gasteiger partial charge on any atom is -0.504 e. The van der Waals surface area contributed by atoms with Crippen LogP contribution in [0.25, 0.3) is 0 Å². The number of carboxylic acid groups (broad SMARTS) is 1. The summed E-state index contributed by atoms with van der Waals surface area (Å²) in [6.45, 7) is 14.8. The second kappa shape index (κ2) is 24.4. The number of carbonyl (C=O) groups excluding carboxylic acids is 4. The van der Waals surface area contributed by atoms with Gasteiger partial charge in [-0.2, -0.15) is 0 Å². The fourth-order valence-electron chi connectivity index (χ4n) is 4.71. The van der Waals surface area contributed by atoms with E-state index in [9.17, 15) is 33.8 Å². The Hall–Kier alpha value is -4.74. The van der Waals surface area contributed by atoms with Crippen LogP contribution < -0.4 is 4.74 Å². The molecule has 1 amide bonds. The van der Waals surface area contributed by atoms with Gasteiger partial charge in [-0.3, -0.25) is 19.2 Å². The highest BCUT2D eigenvalue weighted by Gasteiger charge is 2.38. The molecule has 2 aromatic rings. The summed E-state index contributed by atoms with van der Waals surface area (Å²) in [7, 11) is 0. The lowest BCUT2D eigenvalue weighted by Crippen LogP contribution is -2.49. The van der Waals surface area contributed by atoms with E-state index in [1.807, 2.05) is 34.6 Å². The minimum atomic E-state index is -1.02. The molecule has 2 aromatic carbocycles. The molecule has 0 spiro atoms. The van der Waals surface area contributed by atoms with E-state index < -0.39 is 28.9 Å². The topological polar surface area (TPSA) is 168 Å². The summed E-state index contributed by atoms with van der Waals surface area (Å²) in [6, 6.07) is 9.21. The first kappa shape index (κ1) is 46.3. The number of allylic oxidation sites excluding steroid dienone is 1. The number of likely N-dealkylation sites (tertiary alicyclic amines) is 1. The van der Waals surface area contributed by atoms with Crippen LogP contribution in [0.15, 0.2) is 48.6 Å². The van der Waals surface area contributed by atoms with Gasteiger partial charge in [0.1, 0.15) is 24.8 Å². The van der Waals surface area contributed by atoms with Gasteiger partial charge in [-0.25, -0.2) is 9.18 Å². The standard InChI is InChI=1S/C18H19FO4.C18H29NO4.C2H6.CH2O2/c1-12(20)11-23-16-8-14(7-15(19)10-16)4-2-3-13-5-6-17(21)18(22)9-13;1-13(2)9-10-15(20)23-12-18(4,5)16(21)17(22)19-11-7-6-8-14(19)3;1-2;2-1-3/h5-10,21-22H,2-4,11H2,1H3;9-10,13-14H,6-8,11-12H2,1-5H3;1-2H3;1H,(H,2,3)/b;10-9-;;. The summed E-state index contributed by atoms with van der Waals surface area (Å²) >= 11 is 0. The SMILES string of the molecule is CC.CC(=O)COc1cc(F)cc(CCCc2ccc(O)c(O)c2)c1.CC(C)/C=C\C(=O)OCC(C)(C)C(=O)C(=O)N1CCCCC1C.O=CO. The Kier molecular flexibility index (Phi) is 22.1. The molecular formula is C39H56FNO10. The molecule has 0 saturated carbocycles.